The van der Waals surface area contributed by atoms with Gasteiger partial charge >= 0.3 is 0 Å². The lowest BCUT2D eigenvalue weighted by Crippen LogP contribution is -2.02. The predicted octanol–water partition coefficient (Wildman–Crippen LogP) is 3.51. The lowest BCUT2D eigenvalue weighted by atomic mass is 10.2. The Balaban J connectivity index is 1.78. The summed E-state index contributed by atoms with van der Waals surface area (Å²) in [6.45, 7) is 0. The van der Waals surface area contributed by atoms with Crippen LogP contribution in [0.25, 0.3) is 0 Å². The van der Waals surface area contributed by atoms with Gasteiger partial charge in [0.15, 0.2) is 17.5 Å². The van der Waals surface area contributed by atoms with Gasteiger partial charge in [-0.25, -0.2) is 8.78 Å². The Labute approximate surface area is 135 Å². The third kappa shape index (κ3) is 3.59. The van der Waals surface area contributed by atoms with Crippen LogP contribution in [-0.4, -0.2) is 15.2 Å². The van der Waals surface area contributed by atoms with Crippen LogP contribution in [-0.2, 0) is 0 Å². The maximum Gasteiger partial charge on any atom is 0.249 e. The standard InChI is InChI=1S/C16H10F2N6/c17-13-5-4-12(7-14(13)18)21-15-9-20-24-16(23-15)22-11-3-1-2-10(6-11)8-19/h1-7,9H,(H2,21,22,23,24). The molecule has 0 unspecified atom stereocenters. The molecule has 0 aliphatic carbocycles. The largest absolute Gasteiger partial charge is 0.339 e. The molecule has 0 aliphatic rings. The van der Waals surface area contributed by atoms with E-state index in [1.807, 2.05) is 6.07 Å². The third-order valence-corrected chi connectivity index (χ3v) is 3.00. The minimum atomic E-state index is -0.964. The molecule has 3 rings (SSSR count). The van der Waals surface area contributed by atoms with E-state index in [1.165, 1.54) is 12.3 Å². The average Bonchev–Trinajstić information content (AvgIpc) is 2.59. The van der Waals surface area contributed by atoms with Crippen molar-refractivity contribution in [3.8, 4) is 6.07 Å². The van der Waals surface area contributed by atoms with E-state index >= 15 is 0 Å². The molecule has 0 atom stereocenters. The molecule has 0 saturated heterocycles. The van der Waals surface area contributed by atoms with Crippen LogP contribution in [0, 0.1) is 23.0 Å². The van der Waals surface area contributed by atoms with Crippen molar-refractivity contribution in [1.82, 2.24) is 15.2 Å². The van der Waals surface area contributed by atoms with Gasteiger partial charge in [0.05, 0.1) is 17.8 Å². The number of nitriles is 1. The SMILES string of the molecule is N#Cc1cccc(Nc2nncc(Nc3ccc(F)c(F)c3)n2)c1. The zero-order valence-corrected chi connectivity index (χ0v) is 12.2. The zero-order chi connectivity index (χ0) is 16.9. The lowest BCUT2D eigenvalue weighted by Gasteiger charge is -2.08. The van der Waals surface area contributed by atoms with Crippen molar-refractivity contribution < 1.29 is 8.78 Å². The monoisotopic (exact) mass is 324 g/mol. The summed E-state index contributed by atoms with van der Waals surface area (Å²) in [5.74, 6) is -1.40. The Morgan fingerprint density at radius 3 is 2.58 bits per heavy atom. The molecular weight excluding hydrogens is 314 g/mol. The number of benzene rings is 2. The Kier molecular flexibility index (Phi) is 4.25. The van der Waals surface area contributed by atoms with Gasteiger partial charge in [0.2, 0.25) is 5.95 Å². The maximum atomic E-state index is 13.2. The smallest absolute Gasteiger partial charge is 0.249 e. The van der Waals surface area contributed by atoms with Crippen LogP contribution in [0.1, 0.15) is 5.56 Å². The summed E-state index contributed by atoms with van der Waals surface area (Å²) in [6.07, 6.45) is 1.35. The minimum absolute atomic E-state index is 0.192. The second-order valence-electron chi connectivity index (χ2n) is 4.74. The highest BCUT2D eigenvalue weighted by molar-refractivity contribution is 5.59. The molecule has 0 saturated carbocycles. The summed E-state index contributed by atoms with van der Waals surface area (Å²) >= 11 is 0. The molecular formula is C16H10F2N6. The molecule has 0 spiro atoms. The summed E-state index contributed by atoms with van der Waals surface area (Å²) in [4.78, 5) is 4.18. The van der Waals surface area contributed by atoms with Crippen LogP contribution in [0.15, 0.2) is 48.7 Å². The number of anilines is 4. The van der Waals surface area contributed by atoms with E-state index in [0.29, 0.717) is 22.8 Å². The molecule has 2 N–H and O–H groups in total. The fourth-order valence-corrected chi connectivity index (χ4v) is 1.93. The maximum absolute atomic E-state index is 13.2. The van der Waals surface area contributed by atoms with Gasteiger partial charge in [0, 0.05) is 17.4 Å². The van der Waals surface area contributed by atoms with E-state index in [-0.39, 0.29) is 5.95 Å². The van der Waals surface area contributed by atoms with Crippen LogP contribution in [0.2, 0.25) is 0 Å². The molecule has 24 heavy (non-hydrogen) atoms. The van der Waals surface area contributed by atoms with E-state index in [9.17, 15) is 8.78 Å². The van der Waals surface area contributed by atoms with Crippen LogP contribution in [0.5, 0.6) is 0 Å². The van der Waals surface area contributed by atoms with Crippen molar-refractivity contribution in [1.29, 1.82) is 5.26 Å². The van der Waals surface area contributed by atoms with Crippen molar-refractivity contribution in [2.24, 2.45) is 0 Å². The van der Waals surface area contributed by atoms with Gasteiger partial charge in [-0.2, -0.15) is 15.3 Å². The Morgan fingerprint density at radius 1 is 0.958 bits per heavy atom. The summed E-state index contributed by atoms with van der Waals surface area (Å²) in [7, 11) is 0. The fourth-order valence-electron chi connectivity index (χ4n) is 1.93. The van der Waals surface area contributed by atoms with Gasteiger partial charge in [-0.05, 0) is 30.3 Å². The van der Waals surface area contributed by atoms with Crippen molar-refractivity contribution in [2.45, 2.75) is 0 Å². The molecule has 6 nitrogen and oxygen atoms in total. The molecule has 3 aromatic rings. The van der Waals surface area contributed by atoms with E-state index in [4.69, 9.17) is 5.26 Å². The molecule has 1 heterocycles. The number of hydrogen-bond acceptors (Lipinski definition) is 6. The van der Waals surface area contributed by atoms with Gasteiger partial charge < -0.3 is 10.6 Å². The number of nitrogens with zero attached hydrogens (tertiary/aromatic N) is 4. The number of rotatable bonds is 4. The minimum Gasteiger partial charge on any atom is -0.339 e. The van der Waals surface area contributed by atoms with E-state index < -0.39 is 11.6 Å². The normalized spacial score (nSPS) is 10.0. The fraction of sp³-hybridized carbons (Fsp3) is 0. The second kappa shape index (κ2) is 6.66. The Morgan fingerprint density at radius 2 is 1.79 bits per heavy atom. The molecule has 0 radical (unpaired) electrons. The second-order valence-corrected chi connectivity index (χ2v) is 4.74. The summed E-state index contributed by atoms with van der Waals surface area (Å²) < 4.78 is 26.2. The van der Waals surface area contributed by atoms with Gasteiger partial charge in [-0.1, -0.05) is 6.07 Å². The summed E-state index contributed by atoms with van der Waals surface area (Å²) in [6, 6.07) is 12.2. The summed E-state index contributed by atoms with van der Waals surface area (Å²) in [5, 5.41) is 22.2. The summed E-state index contributed by atoms with van der Waals surface area (Å²) in [5.41, 5.74) is 1.44. The Hall–Kier alpha value is -3.60. The lowest BCUT2D eigenvalue weighted by molar-refractivity contribution is 0.509. The molecule has 8 heteroatoms. The zero-order valence-electron chi connectivity index (χ0n) is 12.2. The molecule has 2 aromatic carbocycles. The first-order valence-electron chi connectivity index (χ1n) is 6.83. The van der Waals surface area contributed by atoms with Crippen LogP contribution < -0.4 is 10.6 Å². The van der Waals surface area contributed by atoms with Gasteiger partial charge in [-0.3, -0.25) is 0 Å². The van der Waals surface area contributed by atoms with Crippen LogP contribution in [0.4, 0.5) is 31.9 Å². The number of halogens is 2. The van der Waals surface area contributed by atoms with Gasteiger partial charge in [-0.15, -0.1) is 5.10 Å². The van der Waals surface area contributed by atoms with Crippen molar-refractivity contribution >= 4 is 23.1 Å². The topological polar surface area (TPSA) is 86.5 Å². The molecule has 1 aromatic heterocycles. The Bertz CT molecular complexity index is 922. The predicted molar refractivity (Wildman–Crippen MR) is 83.9 cm³/mol. The molecule has 0 amide bonds. The molecule has 118 valence electrons. The van der Waals surface area contributed by atoms with Crippen molar-refractivity contribution in [3.63, 3.8) is 0 Å². The third-order valence-electron chi connectivity index (χ3n) is 3.00. The highest BCUT2D eigenvalue weighted by atomic mass is 19.2. The van der Waals surface area contributed by atoms with E-state index in [2.05, 4.69) is 25.8 Å². The number of hydrogen-bond donors (Lipinski definition) is 2. The van der Waals surface area contributed by atoms with Crippen LogP contribution in [0.3, 0.4) is 0 Å². The highest BCUT2D eigenvalue weighted by Gasteiger charge is 2.05. The van der Waals surface area contributed by atoms with E-state index in [0.717, 1.165) is 12.1 Å². The first-order chi connectivity index (χ1) is 11.6. The van der Waals surface area contributed by atoms with Gasteiger partial charge in [0.1, 0.15) is 0 Å². The average molecular weight is 324 g/mol. The van der Waals surface area contributed by atoms with Gasteiger partial charge in [0.25, 0.3) is 0 Å². The molecule has 0 bridgehead atoms. The van der Waals surface area contributed by atoms with Crippen LogP contribution >= 0.6 is 0 Å². The number of aromatic nitrogens is 3. The molecule has 0 fully saturated rings. The number of nitrogens with one attached hydrogen (secondary N) is 2. The first-order valence-corrected chi connectivity index (χ1v) is 6.83. The van der Waals surface area contributed by atoms with Crippen molar-refractivity contribution in [2.75, 3.05) is 10.6 Å². The highest BCUT2D eigenvalue weighted by Crippen LogP contribution is 2.19. The van der Waals surface area contributed by atoms with E-state index in [1.54, 1.807) is 24.3 Å². The first kappa shape index (κ1) is 15.3. The van der Waals surface area contributed by atoms with Crippen molar-refractivity contribution in [3.05, 3.63) is 65.9 Å². The quantitative estimate of drug-likeness (QED) is 0.764. The molecule has 0 aliphatic heterocycles.